The van der Waals surface area contributed by atoms with Crippen LogP contribution in [0, 0.1) is 6.92 Å². The van der Waals surface area contributed by atoms with Crippen molar-refractivity contribution in [3.63, 3.8) is 0 Å². The van der Waals surface area contributed by atoms with Crippen molar-refractivity contribution in [3.8, 4) is 5.82 Å². The van der Waals surface area contributed by atoms with Crippen LogP contribution in [0.4, 0.5) is 18.9 Å². The standard InChI is InChI=1S/C20H19F3N4O3/c1-12-18(25-13(2)28)19(29)27(26-12)17-8-5-15(9-24-17)11-30-10-14-3-6-16(7-4-14)20(21,22)23/h3-9,26H,10-11H2,1-2H3,(H,25,28). The lowest BCUT2D eigenvalue weighted by Gasteiger charge is -2.08. The third kappa shape index (κ3) is 4.95. The Balaban J connectivity index is 1.61. The summed E-state index contributed by atoms with van der Waals surface area (Å²) in [5.41, 5.74) is 0.869. The minimum Gasteiger partial charge on any atom is -0.372 e. The molecule has 10 heteroatoms. The number of anilines is 1. The number of amides is 1. The zero-order valence-corrected chi connectivity index (χ0v) is 16.2. The number of nitrogens with zero attached hydrogens (tertiary/aromatic N) is 2. The number of halogens is 3. The van der Waals surface area contributed by atoms with Gasteiger partial charge in [0.15, 0.2) is 5.82 Å². The molecule has 3 aromatic rings. The summed E-state index contributed by atoms with van der Waals surface area (Å²) in [5, 5.41) is 5.33. The quantitative estimate of drug-likeness (QED) is 0.638. The molecule has 0 aliphatic rings. The molecule has 3 rings (SSSR count). The number of hydrogen-bond acceptors (Lipinski definition) is 4. The van der Waals surface area contributed by atoms with Crippen LogP contribution in [0.2, 0.25) is 0 Å². The molecule has 158 valence electrons. The molecule has 0 bridgehead atoms. The maximum Gasteiger partial charge on any atom is 0.416 e. The van der Waals surface area contributed by atoms with E-state index in [0.29, 0.717) is 17.1 Å². The van der Waals surface area contributed by atoms with Crippen molar-refractivity contribution in [3.05, 3.63) is 75.3 Å². The lowest BCUT2D eigenvalue weighted by atomic mass is 10.1. The van der Waals surface area contributed by atoms with Crippen LogP contribution in [-0.4, -0.2) is 20.7 Å². The maximum atomic E-state index is 12.6. The normalized spacial score (nSPS) is 11.5. The van der Waals surface area contributed by atoms with E-state index < -0.39 is 17.3 Å². The number of nitrogens with one attached hydrogen (secondary N) is 2. The number of hydrogen-bond donors (Lipinski definition) is 2. The Kier molecular flexibility index (Phi) is 6.06. The van der Waals surface area contributed by atoms with E-state index in [0.717, 1.165) is 17.7 Å². The zero-order valence-electron chi connectivity index (χ0n) is 16.2. The van der Waals surface area contributed by atoms with E-state index >= 15 is 0 Å². The maximum absolute atomic E-state index is 12.6. The van der Waals surface area contributed by atoms with Gasteiger partial charge in [0.2, 0.25) is 5.91 Å². The van der Waals surface area contributed by atoms with E-state index in [1.54, 1.807) is 19.1 Å². The van der Waals surface area contributed by atoms with Crippen molar-refractivity contribution in [2.45, 2.75) is 33.2 Å². The Morgan fingerprint density at radius 1 is 1.13 bits per heavy atom. The minimum absolute atomic E-state index is 0.148. The van der Waals surface area contributed by atoms with Crippen LogP contribution in [-0.2, 0) is 28.9 Å². The first kappa shape index (κ1) is 21.3. The van der Waals surface area contributed by atoms with Gasteiger partial charge in [-0.15, -0.1) is 0 Å². The Morgan fingerprint density at radius 2 is 1.77 bits per heavy atom. The van der Waals surface area contributed by atoms with Crippen LogP contribution < -0.4 is 10.9 Å². The molecule has 2 heterocycles. The van der Waals surface area contributed by atoms with E-state index in [-0.39, 0.29) is 24.8 Å². The van der Waals surface area contributed by atoms with E-state index in [9.17, 15) is 22.8 Å². The third-order valence-electron chi connectivity index (χ3n) is 4.23. The van der Waals surface area contributed by atoms with Crippen molar-refractivity contribution >= 4 is 11.6 Å². The molecule has 1 aromatic carbocycles. The number of H-pyrrole nitrogens is 1. The van der Waals surface area contributed by atoms with Gasteiger partial charge < -0.3 is 10.1 Å². The molecule has 0 aliphatic carbocycles. The summed E-state index contributed by atoms with van der Waals surface area (Å²) < 4.78 is 44.5. The van der Waals surface area contributed by atoms with Gasteiger partial charge in [-0.1, -0.05) is 18.2 Å². The molecule has 30 heavy (non-hydrogen) atoms. The topological polar surface area (TPSA) is 89.0 Å². The molecule has 0 saturated heterocycles. The van der Waals surface area contributed by atoms with E-state index in [4.69, 9.17) is 4.74 Å². The molecular weight excluding hydrogens is 401 g/mol. The van der Waals surface area contributed by atoms with Gasteiger partial charge >= 0.3 is 6.18 Å². The molecule has 0 unspecified atom stereocenters. The lowest BCUT2D eigenvalue weighted by molar-refractivity contribution is -0.137. The Morgan fingerprint density at radius 3 is 2.33 bits per heavy atom. The highest BCUT2D eigenvalue weighted by Crippen LogP contribution is 2.29. The molecular formula is C20H19F3N4O3. The Bertz CT molecular complexity index is 1080. The average Bonchev–Trinajstić information content (AvgIpc) is 2.96. The molecule has 1 amide bonds. The number of pyridine rings is 1. The molecule has 0 radical (unpaired) electrons. The van der Waals surface area contributed by atoms with Gasteiger partial charge in [-0.25, -0.2) is 4.98 Å². The van der Waals surface area contributed by atoms with Gasteiger partial charge in [0.05, 0.1) is 24.5 Å². The predicted molar refractivity (Wildman–Crippen MR) is 103 cm³/mol. The van der Waals surface area contributed by atoms with Crippen molar-refractivity contribution < 1.29 is 22.7 Å². The van der Waals surface area contributed by atoms with Crippen LogP contribution in [0.1, 0.15) is 29.3 Å². The first-order valence-electron chi connectivity index (χ1n) is 8.93. The molecule has 0 spiro atoms. The molecule has 0 saturated carbocycles. The average molecular weight is 420 g/mol. The van der Waals surface area contributed by atoms with E-state index in [2.05, 4.69) is 15.4 Å². The smallest absolute Gasteiger partial charge is 0.372 e. The number of aryl methyl sites for hydroxylation is 1. The molecule has 0 fully saturated rings. The summed E-state index contributed by atoms with van der Waals surface area (Å²) >= 11 is 0. The number of rotatable bonds is 6. The van der Waals surface area contributed by atoms with Crippen LogP contribution in [0.5, 0.6) is 0 Å². The van der Waals surface area contributed by atoms with Crippen molar-refractivity contribution in [1.29, 1.82) is 0 Å². The lowest BCUT2D eigenvalue weighted by Crippen LogP contribution is -2.20. The predicted octanol–water partition coefficient (Wildman–Crippen LogP) is 3.56. The van der Waals surface area contributed by atoms with Gasteiger partial charge in [0.1, 0.15) is 5.69 Å². The number of benzene rings is 1. The van der Waals surface area contributed by atoms with Gasteiger partial charge in [-0.2, -0.15) is 17.9 Å². The largest absolute Gasteiger partial charge is 0.416 e. The number of ether oxygens (including phenoxy) is 1. The second-order valence-electron chi connectivity index (χ2n) is 6.65. The highest BCUT2D eigenvalue weighted by Gasteiger charge is 2.29. The van der Waals surface area contributed by atoms with Crippen LogP contribution in [0.15, 0.2) is 47.4 Å². The SMILES string of the molecule is CC(=O)Nc1c(C)[nH]n(-c2ccc(COCc3ccc(C(F)(F)F)cc3)cn2)c1=O. The third-order valence-corrected chi connectivity index (χ3v) is 4.23. The first-order valence-corrected chi connectivity index (χ1v) is 8.93. The fraction of sp³-hybridized carbons (Fsp3) is 0.250. The summed E-state index contributed by atoms with van der Waals surface area (Å²) in [4.78, 5) is 27.8. The number of carbonyl (C=O) groups is 1. The van der Waals surface area contributed by atoms with Crippen LogP contribution in [0.3, 0.4) is 0 Å². The highest BCUT2D eigenvalue weighted by atomic mass is 19.4. The second-order valence-corrected chi connectivity index (χ2v) is 6.65. The Labute approximate surface area is 169 Å². The monoisotopic (exact) mass is 420 g/mol. The number of carbonyl (C=O) groups excluding carboxylic acids is 1. The summed E-state index contributed by atoms with van der Waals surface area (Å²) in [7, 11) is 0. The van der Waals surface area contributed by atoms with Gasteiger partial charge in [0, 0.05) is 13.1 Å². The van der Waals surface area contributed by atoms with E-state index in [1.807, 2.05) is 0 Å². The van der Waals surface area contributed by atoms with Crippen LogP contribution >= 0.6 is 0 Å². The fourth-order valence-corrected chi connectivity index (χ4v) is 2.74. The molecule has 2 aromatic heterocycles. The summed E-state index contributed by atoms with van der Waals surface area (Å²) in [6, 6.07) is 8.11. The van der Waals surface area contributed by atoms with E-state index in [1.165, 1.54) is 29.9 Å². The van der Waals surface area contributed by atoms with Gasteiger partial charge in [-0.3, -0.25) is 14.7 Å². The van der Waals surface area contributed by atoms with Gasteiger partial charge in [0.25, 0.3) is 5.56 Å². The summed E-state index contributed by atoms with van der Waals surface area (Å²) in [6.45, 7) is 3.32. The minimum atomic E-state index is -4.37. The molecule has 2 N–H and O–H groups in total. The molecule has 0 aliphatic heterocycles. The summed E-state index contributed by atoms with van der Waals surface area (Å²) in [6.07, 6.45) is -2.84. The van der Waals surface area contributed by atoms with Crippen molar-refractivity contribution in [2.24, 2.45) is 0 Å². The number of aromatic nitrogens is 3. The molecule has 0 atom stereocenters. The summed E-state index contributed by atoms with van der Waals surface area (Å²) in [5.74, 6) is -0.0129. The van der Waals surface area contributed by atoms with Crippen LogP contribution in [0.25, 0.3) is 5.82 Å². The number of alkyl halides is 3. The zero-order chi connectivity index (χ0) is 21.9. The first-order chi connectivity index (χ1) is 14.1. The fourth-order valence-electron chi connectivity index (χ4n) is 2.74. The number of aromatic amines is 1. The molecule has 7 nitrogen and oxygen atoms in total. The van der Waals surface area contributed by atoms with Crippen molar-refractivity contribution in [1.82, 2.24) is 14.8 Å². The Hall–Kier alpha value is -3.40. The highest BCUT2D eigenvalue weighted by molar-refractivity contribution is 5.89. The van der Waals surface area contributed by atoms with Crippen molar-refractivity contribution in [2.75, 3.05) is 5.32 Å². The van der Waals surface area contributed by atoms with Gasteiger partial charge in [-0.05, 0) is 36.2 Å². The second kappa shape index (κ2) is 8.54.